The maximum atomic E-state index is 13.3. The highest BCUT2D eigenvalue weighted by molar-refractivity contribution is 7.92. The molecule has 0 heterocycles. The van der Waals surface area contributed by atoms with E-state index >= 15 is 0 Å². The molecule has 0 aliphatic heterocycles. The van der Waals surface area contributed by atoms with Crippen molar-refractivity contribution >= 4 is 27.5 Å². The molecule has 1 atom stereocenters. The van der Waals surface area contributed by atoms with Gasteiger partial charge in [-0.3, -0.25) is 13.9 Å². The minimum atomic E-state index is -3.70. The minimum absolute atomic E-state index is 0.207. The van der Waals surface area contributed by atoms with Crippen LogP contribution in [0.25, 0.3) is 0 Å². The first-order valence-electron chi connectivity index (χ1n) is 10.3. The second-order valence-corrected chi connectivity index (χ2v) is 9.43. The molecule has 2 aromatic rings. The molecule has 0 bridgehead atoms. The van der Waals surface area contributed by atoms with Crippen molar-refractivity contribution in [1.82, 2.24) is 10.2 Å². The topological polar surface area (TPSA) is 86.8 Å². The third-order valence-corrected chi connectivity index (χ3v) is 6.18. The maximum absolute atomic E-state index is 13.3. The van der Waals surface area contributed by atoms with Crippen LogP contribution in [0.5, 0.6) is 0 Å². The molecule has 2 aromatic carbocycles. The van der Waals surface area contributed by atoms with Gasteiger partial charge in [-0.25, -0.2) is 8.42 Å². The van der Waals surface area contributed by atoms with Gasteiger partial charge in [0.15, 0.2) is 0 Å². The number of carbonyl (C=O) groups excluding carboxylic acids is 2. The van der Waals surface area contributed by atoms with Gasteiger partial charge in [-0.1, -0.05) is 49.4 Å². The number of rotatable bonds is 10. The second-order valence-electron chi connectivity index (χ2n) is 7.52. The summed E-state index contributed by atoms with van der Waals surface area (Å²) in [6.45, 7) is 5.87. The number of hydrogen-bond acceptors (Lipinski definition) is 4. The fourth-order valence-electron chi connectivity index (χ4n) is 3.16. The van der Waals surface area contributed by atoms with Crippen molar-refractivity contribution in [2.24, 2.45) is 0 Å². The molecule has 0 aromatic heterocycles. The number of amides is 2. The van der Waals surface area contributed by atoms with Crippen molar-refractivity contribution in [1.29, 1.82) is 0 Å². The van der Waals surface area contributed by atoms with Crippen molar-refractivity contribution in [2.75, 3.05) is 23.7 Å². The van der Waals surface area contributed by atoms with Crippen LogP contribution in [-0.2, 0) is 26.2 Å². The van der Waals surface area contributed by atoms with Crippen LogP contribution in [0.15, 0.2) is 54.6 Å². The number of aryl methyl sites for hydroxylation is 1. The molecule has 0 saturated heterocycles. The Kier molecular flexibility index (Phi) is 8.62. The molecule has 8 heteroatoms. The van der Waals surface area contributed by atoms with Gasteiger partial charge in [0.1, 0.15) is 12.6 Å². The highest BCUT2D eigenvalue weighted by Crippen LogP contribution is 2.19. The van der Waals surface area contributed by atoms with E-state index in [-0.39, 0.29) is 19.0 Å². The van der Waals surface area contributed by atoms with Crippen LogP contribution >= 0.6 is 0 Å². The average Bonchev–Trinajstić information content (AvgIpc) is 2.74. The molecule has 0 aliphatic rings. The van der Waals surface area contributed by atoms with Crippen LogP contribution in [-0.4, -0.2) is 50.5 Å². The molecule has 0 fully saturated rings. The SMILES string of the molecule is CCCNC(=O)[C@H](C)N(Cc1ccccc1C)C(=O)CN(c1ccccc1)S(C)(=O)=O. The summed E-state index contributed by atoms with van der Waals surface area (Å²) in [5.41, 5.74) is 2.29. The Morgan fingerprint density at radius 3 is 2.23 bits per heavy atom. The van der Waals surface area contributed by atoms with Gasteiger partial charge in [0.25, 0.3) is 0 Å². The predicted octanol–water partition coefficient (Wildman–Crippen LogP) is 2.70. The standard InChI is InChI=1S/C23H31N3O4S/c1-5-15-24-23(28)19(3)25(16-20-12-10-9-11-18(20)2)22(27)17-26(31(4,29)30)21-13-7-6-8-14-21/h6-14,19H,5,15-17H2,1-4H3,(H,24,28)/t19-/m0/s1. The van der Waals surface area contributed by atoms with E-state index in [1.54, 1.807) is 37.3 Å². The third kappa shape index (κ3) is 6.82. The summed E-state index contributed by atoms with van der Waals surface area (Å²) in [5.74, 6) is -0.717. The van der Waals surface area contributed by atoms with Crippen LogP contribution in [0.2, 0.25) is 0 Å². The van der Waals surface area contributed by atoms with Crippen molar-refractivity contribution in [2.45, 2.75) is 39.8 Å². The van der Waals surface area contributed by atoms with E-state index in [4.69, 9.17) is 0 Å². The van der Waals surface area contributed by atoms with Crippen LogP contribution in [0.1, 0.15) is 31.4 Å². The molecular weight excluding hydrogens is 414 g/mol. The zero-order valence-electron chi connectivity index (χ0n) is 18.5. The number of nitrogens with one attached hydrogen (secondary N) is 1. The quantitative estimate of drug-likeness (QED) is 0.609. The molecule has 0 aliphatic carbocycles. The van der Waals surface area contributed by atoms with Crippen LogP contribution in [0.4, 0.5) is 5.69 Å². The fraction of sp³-hybridized carbons (Fsp3) is 0.391. The summed E-state index contributed by atoms with van der Waals surface area (Å²) in [7, 11) is -3.70. The molecular formula is C23H31N3O4S. The average molecular weight is 446 g/mol. The van der Waals surface area contributed by atoms with Gasteiger partial charge >= 0.3 is 0 Å². The van der Waals surface area contributed by atoms with Crippen molar-refractivity contribution in [3.8, 4) is 0 Å². The molecule has 2 rings (SSSR count). The lowest BCUT2D eigenvalue weighted by atomic mass is 10.1. The lowest BCUT2D eigenvalue weighted by Gasteiger charge is -2.31. The molecule has 168 valence electrons. The number of sulfonamides is 1. The van der Waals surface area contributed by atoms with Crippen LogP contribution in [0, 0.1) is 6.92 Å². The Morgan fingerprint density at radius 1 is 1.03 bits per heavy atom. The minimum Gasteiger partial charge on any atom is -0.354 e. The summed E-state index contributed by atoms with van der Waals surface area (Å²) >= 11 is 0. The number of carbonyl (C=O) groups is 2. The number of anilines is 1. The Hall–Kier alpha value is -2.87. The molecule has 7 nitrogen and oxygen atoms in total. The van der Waals surface area contributed by atoms with Crippen LogP contribution in [0.3, 0.4) is 0 Å². The largest absolute Gasteiger partial charge is 0.354 e. The summed E-state index contributed by atoms with van der Waals surface area (Å²) < 4.78 is 25.9. The normalized spacial score (nSPS) is 12.1. The zero-order valence-corrected chi connectivity index (χ0v) is 19.4. The lowest BCUT2D eigenvalue weighted by Crippen LogP contribution is -2.51. The molecule has 1 N–H and O–H groups in total. The summed E-state index contributed by atoms with van der Waals surface area (Å²) in [5, 5.41) is 2.82. The third-order valence-electron chi connectivity index (χ3n) is 5.04. The summed E-state index contributed by atoms with van der Waals surface area (Å²) in [6.07, 6.45) is 1.84. The Morgan fingerprint density at radius 2 is 1.65 bits per heavy atom. The molecule has 2 amide bonds. The highest BCUT2D eigenvalue weighted by atomic mass is 32.2. The Labute approximate surface area is 185 Å². The Bertz CT molecular complexity index is 993. The van der Waals surface area contributed by atoms with E-state index in [0.717, 1.165) is 28.1 Å². The van der Waals surface area contributed by atoms with E-state index in [0.29, 0.717) is 12.2 Å². The van der Waals surface area contributed by atoms with Gasteiger partial charge in [0.05, 0.1) is 11.9 Å². The second kappa shape index (κ2) is 10.9. The number of para-hydroxylation sites is 1. The number of benzene rings is 2. The first-order chi connectivity index (χ1) is 14.6. The smallest absolute Gasteiger partial charge is 0.244 e. The van der Waals surface area contributed by atoms with Gasteiger partial charge in [0.2, 0.25) is 21.8 Å². The summed E-state index contributed by atoms with van der Waals surface area (Å²) in [6, 6.07) is 15.3. The number of nitrogens with zero attached hydrogens (tertiary/aromatic N) is 2. The molecule has 0 radical (unpaired) electrons. The van der Waals surface area contributed by atoms with Crippen molar-refractivity contribution in [3.05, 3.63) is 65.7 Å². The fourth-order valence-corrected chi connectivity index (χ4v) is 4.01. The Balaban J connectivity index is 2.35. The van der Waals surface area contributed by atoms with Crippen LogP contribution < -0.4 is 9.62 Å². The lowest BCUT2D eigenvalue weighted by molar-refractivity contribution is -0.139. The first-order valence-corrected chi connectivity index (χ1v) is 12.1. The molecule has 0 saturated carbocycles. The van der Waals surface area contributed by atoms with Gasteiger partial charge in [0, 0.05) is 13.1 Å². The zero-order chi connectivity index (χ0) is 23.0. The molecule has 31 heavy (non-hydrogen) atoms. The van der Waals surface area contributed by atoms with Gasteiger partial charge in [-0.2, -0.15) is 0 Å². The van der Waals surface area contributed by atoms with Gasteiger partial charge < -0.3 is 10.2 Å². The summed E-state index contributed by atoms with van der Waals surface area (Å²) in [4.78, 5) is 27.4. The van der Waals surface area contributed by atoms with Crippen molar-refractivity contribution < 1.29 is 18.0 Å². The van der Waals surface area contributed by atoms with E-state index < -0.39 is 22.0 Å². The van der Waals surface area contributed by atoms with Crippen molar-refractivity contribution in [3.63, 3.8) is 0 Å². The van der Waals surface area contributed by atoms with E-state index in [9.17, 15) is 18.0 Å². The predicted molar refractivity (Wildman–Crippen MR) is 123 cm³/mol. The van der Waals surface area contributed by atoms with E-state index in [2.05, 4.69) is 5.32 Å². The van der Waals surface area contributed by atoms with E-state index in [1.165, 1.54) is 4.90 Å². The van der Waals surface area contributed by atoms with E-state index in [1.807, 2.05) is 38.1 Å². The molecule has 0 spiro atoms. The first kappa shape index (κ1) is 24.4. The van der Waals surface area contributed by atoms with Gasteiger partial charge in [-0.15, -0.1) is 0 Å². The number of hydrogen-bond donors (Lipinski definition) is 1. The highest BCUT2D eigenvalue weighted by Gasteiger charge is 2.30. The van der Waals surface area contributed by atoms with Gasteiger partial charge in [-0.05, 0) is 43.5 Å². The maximum Gasteiger partial charge on any atom is 0.244 e. The molecule has 0 unspecified atom stereocenters. The monoisotopic (exact) mass is 445 g/mol.